The Morgan fingerprint density at radius 3 is 2.13 bits per heavy atom. The number of benzene rings is 1. The third-order valence-corrected chi connectivity index (χ3v) is 7.51. The number of aromatic amines is 1. The second kappa shape index (κ2) is 18.9. The van der Waals surface area contributed by atoms with E-state index in [9.17, 15) is 4.79 Å². The summed E-state index contributed by atoms with van der Waals surface area (Å²) in [6, 6.07) is 4.05. The lowest BCUT2D eigenvalue weighted by Crippen LogP contribution is -2.24. The van der Waals surface area contributed by atoms with E-state index in [-0.39, 0.29) is 6.61 Å². The number of ether oxygens (including phenoxy) is 3. The van der Waals surface area contributed by atoms with Gasteiger partial charge in [-0.2, -0.15) is 0 Å². The highest BCUT2D eigenvalue weighted by Crippen LogP contribution is 2.35. The number of carbonyl (C=O) groups is 1. The first-order chi connectivity index (χ1) is 19.0. The number of nitrogens with zero attached hydrogens (tertiary/aromatic N) is 2. The molecule has 1 aromatic heterocycles. The van der Waals surface area contributed by atoms with Crippen molar-refractivity contribution in [1.82, 2.24) is 9.97 Å². The summed E-state index contributed by atoms with van der Waals surface area (Å²) in [7, 11) is 3.25. The van der Waals surface area contributed by atoms with Crippen LogP contribution in [0, 0.1) is 5.92 Å². The number of hydrogen-bond donors (Lipinski definition) is 2. The van der Waals surface area contributed by atoms with Crippen LogP contribution in [0.3, 0.4) is 0 Å². The standard InChI is InChI=1S/C22H34N4O3.C7H14.C2H6O/c1-4-26(5-2)20-15-18-17(23-21(24-18)16-10-8-7-9-11-16)14-19(20)25-22(27)29-13-12-28-6-3;1-7-5-3-2-4-6-7;1-3-2/h14-16H,4-13H2,1-3H3,(H,23,24)(H,25,27);7H,2-6H2,1H3;1-2H3. The normalized spacial score (nSPS) is 16.1. The second-order valence-electron chi connectivity index (χ2n) is 10.6. The van der Waals surface area contributed by atoms with Gasteiger partial charge in [0.1, 0.15) is 12.4 Å². The van der Waals surface area contributed by atoms with E-state index < -0.39 is 6.09 Å². The number of hydrogen-bond acceptors (Lipinski definition) is 6. The Balaban J connectivity index is 0.000000450. The van der Waals surface area contributed by atoms with Gasteiger partial charge in [0.15, 0.2) is 0 Å². The van der Waals surface area contributed by atoms with Crippen LogP contribution in [0.1, 0.15) is 104 Å². The number of anilines is 2. The van der Waals surface area contributed by atoms with Gasteiger partial charge in [-0.25, -0.2) is 9.78 Å². The van der Waals surface area contributed by atoms with Gasteiger partial charge in [-0.1, -0.05) is 58.3 Å². The molecule has 8 nitrogen and oxygen atoms in total. The predicted octanol–water partition coefficient (Wildman–Crippen LogP) is 7.89. The van der Waals surface area contributed by atoms with Gasteiger partial charge in [0, 0.05) is 39.8 Å². The van der Waals surface area contributed by atoms with Crippen molar-refractivity contribution >= 4 is 28.5 Å². The van der Waals surface area contributed by atoms with E-state index in [0.717, 1.165) is 47.2 Å². The van der Waals surface area contributed by atoms with Crippen LogP contribution in [0.15, 0.2) is 12.1 Å². The fourth-order valence-electron chi connectivity index (χ4n) is 5.35. The molecule has 1 aromatic carbocycles. The van der Waals surface area contributed by atoms with Gasteiger partial charge >= 0.3 is 6.09 Å². The average molecular weight is 547 g/mol. The smallest absolute Gasteiger partial charge is 0.411 e. The minimum atomic E-state index is -0.468. The quantitative estimate of drug-likeness (QED) is 0.311. The molecule has 2 aliphatic carbocycles. The molecule has 0 saturated heterocycles. The lowest BCUT2D eigenvalue weighted by atomic mass is 9.89. The van der Waals surface area contributed by atoms with E-state index in [0.29, 0.717) is 19.1 Å². The van der Waals surface area contributed by atoms with Crippen molar-refractivity contribution in [2.75, 3.05) is 57.3 Å². The Kier molecular flexibility index (Phi) is 15.9. The molecule has 0 spiro atoms. The van der Waals surface area contributed by atoms with Gasteiger partial charge in [0.2, 0.25) is 0 Å². The monoisotopic (exact) mass is 546 g/mol. The summed E-state index contributed by atoms with van der Waals surface area (Å²) in [5.74, 6) is 2.61. The second-order valence-corrected chi connectivity index (χ2v) is 10.6. The van der Waals surface area contributed by atoms with Crippen molar-refractivity contribution in [2.45, 2.75) is 97.8 Å². The van der Waals surface area contributed by atoms with Crippen LogP contribution in [0.2, 0.25) is 0 Å². The summed E-state index contributed by atoms with van der Waals surface area (Å²) in [6.07, 6.45) is 13.2. The van der Waals surface area contributed by atoms with Gasteiger partial charge in [-0.3, -0.25) is 5.32 Å². The maximum absolute atomic E-state index is 12.3. The number of aromatic nitrogens is 2. The average Bonchev–Trinajstić information content (AvgIpc) is 3.37. The molecule has 2 aromatic rings. The van der Waals surface area contributed by atoms with E-state index in [2.05, 4.69) is 46.8 Å². The highest BCUT2D eigenvalue weighted by molar-refractivity contribution is 5.95. The summed E-state index contributed by atoms with van der Waals surface area (Å²) in [6.45, 7) is 11.4. The predicted molar refractivity (Wildman–Crippen MR) is 162 cm³/mol. The maximum atomic E-state index is 12.3. The van der Waals surface area contributed by atoms with Crippen molar-refractivity contribution in [3.05, 3.63) is 18.0 Å². The fourth-order valence-corrected chi connectivity index (χ4v) is 5.35. The first kappa shape index (κ1) is 32.9. The minimum Gasteiger partial charge on any atom is -0.447 e. The molecule has 0 aliphatic heterocycles. The summed E-state index contributed by atoms with van der Waals surface area (Å²) >= 11 is 0. The Morgan fingerprint density at radius 2 is 1.59 bits per heavy atom. The van der Waals surface area contributed by atoms with E-state index in [1.54, 1.807) is 14.2 Å². The van der Waals surface area contributed by atoms with Gasteiger partial charge < -0.3 is 24.1 Å². The Hall–Kier alpha value is -2.32. The van der Waals surface area contributed by atoms with Crippen molar-refractivity contribution in [3.8, 4) is 0 Å². The molecular weight excluding hydrogens is 492 g/mol. The molecule has 2 aliphatic rings. The zero-order valence-corrected chi connectivity index (χ0v) is 25.4. The molecule has 4 rings (SSSR count). The molecule has 1 amide bonds. The highest BCUT2D eigenvalue weighted by Gasteiger charge is 2.21. The van der Waals surface area contributed by atoms with Crippen LogP contribution < -0.4 is 10.2 Å². The Morgan fingerprint density at radius 1 is 0.974 bits per heavy atom. The van der Waals surface area contributed by atoms with E-state index in [1.165, 1.54) is 64.2 Å². The van der Waals surface area contributed by atoms with Crippen molar-refractivity contribution in [1.29, 1.82) is 0 Å². The summed E-state index contributed by atoms with van der Waals surface area (Å²) in [5.41, 5.74) is 3.60. The molecule has 0 bridgehead atoms. The van der Waals surface area contributed by atoms with Gasteiger partial charge in [-0.05, 0) is 51.7 Å². The molecular formula is C31H54N4O4. The van der Waals surface area contributed by atoms with Crippen molar-refractivity contribution in [3.63, 3.8) is 0 Å². The molecule has 0 radical (unpaired) electrons. The molecule has 2 saturated carbocycles. The van der Waals surface area contributed by atoms with E-state index in [1.807, 2.05) is 13.0 Å². The van der Waals surface area contributed by atoms with E-state index in [4.69, 9.17) is 14.5 Å². The van der Waals surface area contributed by atoms with Crippen molar-refractivity contribution in [2.24, 2.45) is 5.92 Å². The number of H-pyrrole nitrogens is 1. The van der Waals surface area contributed by atoms with Gasteiger partial charge in [-0.15, -0.1) is 0 Å². The molecule has 2 fully saturated rings. The molecule has 0 unspecified atom stereocenters. The van der Waals surface area contributed by atoms with Crippen LogP contribution in [-0.2, 0) is 14.2 Å². The number of methoxy groups -OCH3 is 1. The van der Waals surface area contributed by atoms with E-state index >= 15 is 0 Å². The molecule has 222 valence electrons. The van der Waals surface area contributed by atoms with Crippen LogP contribution in [0.4, 0.5) is 16.2 Å². The van der Waals surface area contributed by atoms with Crippen LogP contribution >= 0.6 is 0 Å². The number of rotatable bonds is 9. The minimum absolute atomic E-state index is 0.235. The maximum Gasteiger partial charge on any atom is 0.411 e. The SMILES string of the molecule is CC1CCCCC1.CCOCCOC(=O)Nc1cc2[nH]c(C3CCCCC3)nc2cc1N(CC)CC.COC. The molecule has 1 heterocycles. The molecule has 2 N–H and O–H groups in total. The van der Waals surface area contributed by atoms with Crippen LogP contribution in [0.5, 0.6) is 0 Å². The molecule has 8 heteroatoms. The number of amides is 1. The van der Waals surface area contributed by atoms with Crippen LogP contribution in [0.25, 0.3) is 11.0 Å². The summed E-state index contributed by atoms with van der Waals surface area (Å²) < 4.78 is 14.7. The Bertz CT molecular complexity index is 932. The number of nitrogens with one attached hydrogen (secondary N) is 2. The molecule has 0 atom stereocenters. The van der Waals surface area contributed by atoms with Crippen molar-refractivity contribution < 1.29 is 19.0 Å². The number of fused-ring (bicyclic) bond motifs is 1. The molecule has 39 heavy (non-hydrogen) atoms. The third kappa shape index (κ3) is 11.4. The highest BCUT2D eigenvalue weighted by atomic mass is 16.6. The first-order valence-electron chi connectivity index (χ1n) is 15.2. The third-order valence-electron chi connectivity index (χ3n) is 7.51. The lowest BCUT2D eigenvalue weighted by molar-refractivity contribution is 0.0850. The van der Waals surface area contributed by atoms with Gasteiger partial charge in [0.05, 0.1) is 29.0 Å². The van der Waals surface area contributed by atoms with Gasteiger partial charge in [0.25, 0.3) is 0 Å². The number of imidazole rings is 1. The summed E-state index contributed by atoms with van der Waals surface area (Å²) in [4.78, 5) is 22.9. The lowest BCUT2D eigenvalue weighted by Gasteiger charge is -2.24. The topological polar surface area (TPSA) is 88.7 Å². The zero-order valence-electron chi connectivity index (χ0n) is 25.4. The largest absolute Gasteiger partial charge is 0.447 e. The summed E-state index contributed by atoms with van der Waals surface area (Å²) in [5, 5.41) is 2.91. The fraction of sp³-hybridized carbons (Fsp3) is 0.742. The van der Waals surface area contributed by atoms with Crippen LogP contribution in [-0.4, -0.2) is 63.2 Å². The number of carbonyl (C=O) groups excluding carboxylic acids is 1. The first-order valence-corrected chi connectivity index (χ1v) is 15.2. The zero-order chi connectivity index (χ0) is 28.5. The Labute approximate surface area is 236 Å².